The number of ether oxygens (including phenoxy) is 1. The maximum Gasteiger partial charge on any atom is 0.306 e. The van der Waals surface area contributed by atoms with Gasteiger partial charge in [-0.05, 0) is 20.8 Å². The predicted molar refractivity (Wildman–Crippen MR) is 71.4 cm³/mol. The molecule has 0 saturated heterocycles. The zero-order valence-electron chi connectivity index (χ0n) is 11.2. The molecule has 0 amide bonds. The number of hydrogen-bond donors (Lipinski definition) is 1. The van der Waals surface area contributed by atoms with Crippen molar-refractivity contribution in [2.75, 3.05) is 12.3 Å². The first-order valence-electron chi connectivity index (χ1n) is 5.98. The van der Waals surface area contributed by atoms with Crippen LogP contribution in [0.4, 0.5) is 5.95 Å². The van der Waals surface area contributed by atoms with Crippen LogP contribution in [0.1, 0.15) is 40.2 Å². The molecule has 0 aromatic carbocycles. The van der Waals surface area contributed by atoms with Gasteiger partial charge >= 0.3 is 5.97 Å². The summed E-state index contributed by atoms with van der Waals surface area (Å²) in [6.45, 7) is 8.19. The van der Waals surface area contributed by atoms with E-state index in [0.29, 0.717) is 19.0 Å². The number of anilines is 1. The van der Waals surface area contributed by atoms with E-state index in [1.165, 1.54) is 11.8 Å². The van der Waals surface area contributed by atoms with Crippen LogP contribution in [0.25, 0.3) is 0 Å². The third-order valence-corrected chi connectivity index (χ3v) is 3.33. The molecule has 1 atom stereocenters. The average molecular weight is 272 g/mol. The number of nitrogens with two attached hydrogens (primary N) is 1. The van der Waals surface area contributed by atoms with E-state index < -0.39 is 0 Å². The number of thioether (sulfide) groups is 1. The van der Waals surface area contributed by atoms with Crippen molar-refractivity contribution in [3.63, 3.8) is 0 Å². The lowest BCUT2D eigenvalue weighted by Crippen LogP contribution is -2.12. The Morgan fingerprint density at radius 1 is 1.44 bits per heavy atom. The van der Waals surface area contributed by atoms with Gasteiger partial charge in [0.15, 0.2) is 5.16 Å². The van der Waals surface area contributed by atoms with Gasteiger partial charge in [0.2, 0.25) is 5.95 Å². The number of esters is 1. The van der Waals surface area contributed by atoms with Gasteiger partial charge in [-0.1, -0.05) is 18.7 Å². The predicted octanol–water partition coefficient (Wildman–Crippen LogP) is 1.88. The largest absolute Gasteiger partial charge is 0.466 e. The Hall–Kier alpha value is -1.24. The smallest absolute Gasteiger partial charge is 0.306 e. The van der Waals surface area contributed by atoms with Crippen LogP contribution >= 0.6 is 11.8 Å². The van der Waals surface area contributed by atoms with E-state index in [-0.39, 0.29) is 17.3 Å². The van der Waals surface area contributed by atoms with Crippen LogP contribution in [-0.4, -0.2) is 32.6 Å². The second-order valence-corrected chi connectivity index (χ2v) is 5.65. The van der Waals surface area contributed by atoms with Crippen LogP contribution in [0.15, 0.2) is 5.16 Å². The third-order valence-electron chi connectivity index (χ3n) is 2.27. The number of rotatable bonds is 6. The Bertz CT molecular complexity index is 406. The molecule has 0 bridgehead atoms. The van der Waals surface area contributed by atoms with E-state index in [9.17, 15) is 4.79 Å². The fourth-order valence-corrected chi connectivity index (χ4v) is 2.62. The fraction of sp³-hybridized carbons (Fsp3) is 0.727. The van der Waals surface area contributed by atoms with Gasteiger partial charge in [-0.25, -0.2) is 0 Å². The third kappa shape index (κ3) is 3.90. The standard InChI is InChI=1S/C11H20N4O2S/c1-5-17-9(16)6-8(4)18-11-14-13-10(12)15(11)7(2)3/h7-8H,5-6H2,1-4H3,(H2,12,13). The average Bonchev–Trinajstić information content (AvgIpc) is 2.59. The first-order chi connectivity index (χ1) is 8.45. The number of nitrogens with zero attached hydrogens (tertiary/aromatic N) is 3. The molecule has 1 rings (SSSR count). The first kappa shape index (κ1) is 14.8. The molecule has 0 spiro atoms. The molecule has 18 heavy (non-hydrogen) atoms. The number of carbonyl (C=O) groups excluding carboxylic acids is 1. The Kier molecular flexibility index (Phi) is 5.46. The maximum atomic E-state index is 11.4. The Balaban J connectivity index is 2.64. The van der Waals surface area contributed by atoms with Crippen LogP contribution in [-0.2, 0) is 9.53 Å². The van der Waals surface area contributed by atoms with Crippen LogP contribution in [0.5, 0.6) is 0 Å². The molecule has 7 heteroatoms. The number of aromatic nitrogens is 3. The fourth-order valence-electron chi connectivity index (χ4n) is 1.53. The van der Waals surface area contributed by atoms with Crippen molar-refractivity contribution in [2.24, 2.45) is 0 Å². The quantitative estimate of drug-likeness (QED) is 0.629. The molecule has 6 nitrogen and oxygen atoms in total. The summed E-state index contributed by atoms with van der Waals surface area (Å²) in [5.74, 6) is 0.205. The van der Waals surface area contributed by atoms with Gasteiger partial charge in [-0.3, -0.25) is 9.36 Å². The van der Waals surface area contributed by atoms with Crippen molar-refractivity contribution in [1.82, 2.24) is 14.8 Å². The summed E-state index contributed by atoms with van der Waals surface area (Å²) in [5, 5.41) is 8.70. The molecule has 1 aromatic rings. The lowest BCUT2D eigenvalue weighted by atomic mass is 10.3. The summed E-state index contributed by atoms with van der Waals surface area (Å²) in [5.41, 5.74) is 5.75. The number of carbonyl (C=O) groups is 1. The summed E-state index contributed by atoms with van der Waals surface area (Å²) in [7, 11) is 0. The van der Waals surface area contributed by atoms with Crippen LogP contribution in [0.3, 0.4) is 0 Å². The SMILES string of the molecule is CCOC(=O)CC(C)Sc1nnc(N)n1C(C)C. The molecule has 1 heterocycles. The first-order valence-corrected chi connectivity index (χ1v) is 6.86. The minimum Gasteiger partial charge on any atom is -0.466 e. The van der Waals surface area contributed by atoms with Crippen LogP contribution in [0, 0.1) is 0 Å². The van der Waals surface area contributed by atoms with Gasteiger partial charge in [-0.15, -0.1) is 10.2 Å². The Morgan fingerprint density at radius 2 is 2.11 bits per heavy atom. The van der Waals surface area contributed by atoms with Crippen molar-refractivity contribution < 1.29 is 9.53 Å². The number of nitrogen functional groups attached to an aromatic ring is 1. The highest BCUT2D eigenvalue weighted by atomic mass is 32.2. The monoisotopic (exact) mass is 272 g/mol. The lowest BCUT2D eigenvalue weighted by molar-refractivity contribution is -0.142. The van der Waals surface area contributed by atoms with Crippen LogP contribution < -0.4 is 5.73 Å². The van der Waals surface area contributed by atoms with Gasteiger partial charge in [0.25, 0.3) is 0 Å². The summed E-state index contributed by atoms with van der Waals surface area (Å²) in [6, 6.07) is 0.192. The highest BCUT2D eigenvalue weighted by Gasteiger charge is 2.18. The molecular formula is C11H20N4O2S. The zero-order valence-corrected chi connectivity index (χ0v) is 12.0. The van der Waals surface area contributed by atoms with E-state index in [1.54, 1.807) is 6.92 Å². The van der Waals surface area contributed by atoms with Gasteiger partial charge in [0, 0.05) is 11.3 Å². The second kappa shape index (κ2) is 6.63. The normalized spacial score (nSPS) is 12.7. The van der Waals surface area contributed by atoms with Gasteiger partial charge in [-0.2, -0.15) is 0 Å². The summed E-state index contributed by atoms with van der Waals surface area (Å²) < 4.78 is 6.77. The molecule has 0 fully saturated rings. The van der Waals surface area contributed by atoms with Gasteiger partial charge < -0.3 is 10.5 Å². The van der Waals surface area contributed by atoms with Crippen LogP contribution in [0.2, 0.25) is 0 Å². The molecule has 102 valence electrons. The van der Waals surface area contributed by atoms with E-state index in [4.69, 9.17) is 10.5 Å². The van der Waals surface area contributed by atoms with Crippen molar-refractivity contribution >= 4 is 23.7 Å². The molecule has 0 radical (unpaired) electrons. The molecular weight excluding hydrogens is 252 g/mol. The molecule has 1 aromatic heterocycles. The van der Waals surface area contributed by atoms with E-state index in [2.05, 4.69) is 10.2 Å². The Labute approximate surface area is 111 Å². The maximum absolute atomic E-state index is 11.4. The van der Waals surface area contributed by atoms with Crippen molar-refractivity contribution in [2.45, 2.75) is 50.6 Å². The Morgan fingerprint density at radius 3 is 2.67 bits per heavy atom. The molecule has 0 aliphatic rings. The molecule has 1 unspecified atom stereocenters. The van der Waals surface area contributed by atoms with Crippen molar-refractivity contribution in [1.29, 1.82) is 0 Å². The molecule has 0 aliphatic carbocycles. The van der Waals surface area contributed by atoms with Crippen molar-refractivity contribution in [3.05, 3.63) is 0 Å². The van der Waals surface area contributed by atoms with E-state index in [1.807, 2.05) is 25.3 Å². The highest BCUT2D eigenvalue weighted by Crippen LogP contribution is 2.27. The minimum absolute atomic E-state index is 0.0742. The van der Waals surface area contributed by atoms with E-state index in [0.717, 1.165) is 5.16 Å². The molecule has 0 aliphatic heterocycles. The van der Waals surface area contributed by atoms with Gasteiger partial charge in [0.1, 0.15) is 0 Å². The molecule has 2 N–H and O–H groups in total. The zero-order chi connectivity index (χ0) is 13.7. The summed E-state index contributed by atoms with van der Waals surface area (Å²) in [4.78, 5) is 11.4. The highest BCUT2D eigenvalue weighted by molar-refractivity contribution is 7.99. The summed E-state index contributed by atoms with van der Waals surface area (Å²) >= 11 is 1.48. The number of hydrogen-bond acceptors (Lipinski definition) is 6. The summed E-state index contributed by atoms with van der Waals surface area (Å²) in [6.07, 6.45) is 0.351. The minimum atomic E-state index is -0.193. The second-order valence-electron chi connectivity index (χ2n) is 4.24. The molecule has 0 saturated carbocycles. The van der Waals surface area contributed by atoms with E-state index >= 15 is 0 Å². The van der Waals surface area contributed by atoms with Gasteiger partial charge in [0.05, 0.1) is 13.0 Å². The van der Waals surface area contributed by atoms with Crippen molar-refractivity contribution in [3.8, 4) is 0 Å². The lowest BCUT2D eigenvalue weighted by Gasteiger charge is -2.14. The topological polar surface area (TPSA) is 83.0 Å².